The summed E-state index contributed by atoms with van der Waals surface area (Å²) in [5.41, 5.74) is 4.15. The Balaban J connectivity index is 2.50. The van der Waals surface area contributed by atoms with Gasteiger partial charge in [0.25, 0.3) is 5.91 Å². The molecular weight excluding hydrogens is 174 g/mol. The van der Waals surface area contributed by atoms with E-state index in [1.165, 1.54) is 0 Å². The lowest BCUT2D eigenvalue weighted by Crippen LogP contribution is -2.23. The second-order valence-electron chi connectivity index (χ2n) is 2.97. The number of carbonyl (C=O) groups is 1. The molecule has 0 spiro atoms. The quantitative estimate of drug-likeness (QED) is 0.569. The van der Waals surface area contributed by atoms with Crippen LogP contribution in [0.25, 0.3) is 0 Å². The van der Waals surface area contributed by atoms with Gasteiger partial charge in [-0.2, -0.15) is 0 Å². The molecule has 1 rings (SSSR count). The Hall–Kier alpha value is -1.79. The van der Waals surface area contributed by atoms with Crippen LogP contribution in [0.4, 0.5) is 0 Å². The van der Waals surface area contributed by atoms with Crippen molar-refractivity contribution in [2.75, 3.05) is 0 Å². The summed E-state index contributed by atoms with van der Waals surface area (Å²) in [5.74, 6) is -0.121. The van der Waals surface area contributed by atoms with E-state index in [9.17, 15) is 4.79 Å². The summed E-state index contributed by atoms with van der Waals surface area (Å²) in [4.78, 5) is 11.3. The van der Waals surface area contributed by atoms with Gasteiger partial charge in [-0.1, -0.05) is 36.9 Å². The third-order valence-corrected chi connectivity index (χ3v) is 1.90. The molecule has 1 aromatic rings. The maximum absolute atomic E-state index is 11.3. The van der Waals surface area contributed by atoms with Gasteiger partial charge in [-0.3, -0.25) is 4.79 Å². The van der Waals surface area contributed by atoms with Crippen molar-refractivity contribution < 1.29 is 4.79 Å². The van der Waals surface area contributed by atoms with Crippen molar-refractivity contribution in [1.29, 1.82) is 0 Å². The first-order valence-electron chi connectivity index (χ1n) is 4.43. The van der Waals surface area contributed by atoms with E-state index in [0.717, 1.165) is 5.56 Å². The zero-order valence-electron chi connectivity index (χ0n) is 8.21. The topological polar surface area (TPSA) is 29.1 Å². The monoisotopic (exact) mass is 187 g/mol. The van der Waals surface area contributed by atoms with Crippen molar-refractivity contribution in [3.05, 3.63) is 53.8 Å². The summed E-state index contributed by atoms with van der Waals surface area (Å²) in [7, 11) is 0. The van der Waals surface area contributed by atoms with Crippen LogP contribution in [-0.4, -0.2) is 5.91 Å². The molecule has 0 unspecified atom stereocenters. The first-order valence-corrected chi connectivity index (χ1v) is 4.43. The molecule has 0 bridgehead atoms. The smallest absolute Gasteiger partial charge is 0.254 e. The van der Waals surface area contributed by atoms with E-state index in [1.54, 1.807) is 6.92 Å². The third kappa shape index (κ3) is 2.92. The Morgan fingerprint density at radius 2 is 2.07 bits per heavy atom. The number of nitrogens with one attached hydrogen (secondary N) is 1. The van der Waals surface area contributed by atoms with Crippen LogP contribution in [0.1, 0.15) is 12.5 Å². The largest absolute Gasteiger partial charge is 0.348 e. The molecule has 0 heterocycles. The molecule has 0 aliphatic rings. The van der Waals surface area contributed by atoms with E-state index in [4.69, 9.17) is 0 Å². The molecule has 72 valence electrons. The Morgan fingerprint density at radius 3 is 2.64 bits per heavy atom. The highest BCUT2D eigenvalue weighted by Gasteiger charge is 2.01. The maximum atomic E-state index is 11.3. The highest BCUT2D eigenvalue weighted by molar-refractivity contribution is 5.92. The second-order valence-corrected chi connectivity index (χ2v) is 2.97. The van der Waals surface area contributed by atoms with Gasteiger partial charge in [0.2, 0.25) is 0 Å². The van der Waals surface area contributed by atoms with Crippen LogP contribution in [0, 0.1) is 0 Å². The Labute approximate surface area is 84.0 Å². The normalized spacial score (nSPS) is 8.93. The van der Waals surface area contributed by atoms with Gasteiger partial charge in [0, 0.05) is 6.54 Å². The van der Waals surface area contributed by atoms with E-state index in [2.05, 4.69) is 17.6 Å². The molecule has 0 fully saturated rings. The van der Waals surface area contributed by atoms with Crippen LogP contribution in [0.2, 0.25) is 0 Å². The van der Waals surface area contributed by atoms with Crippen LogP contribution in [0.3, 0.4) is 0 Å². The SMILES string of the molecule is C=C=C(C)C(=O)NCc1ccccc1. The Bertz CT molecular complexity index is 361. The summed E-state index contributed by atoms with van der Waals surface area (Å²) < 4.78 is 0. The molecular formula is C12H13NO. The van der Waals surface area contributed by atoms with Gasteiger partial charge in [-0.25, -0.2) is 0 Å². The zero-order valence-corrected chi connectivity index (χ0v) is 8.21. The molecule has 1 amide bonds. The van der Waals surface area contributed by atoms with Crippen LogP contribution in [0.15, 0.2) is 48.2 Å². The van der Waals surface area contributed by atoms with Crippen molar-refractivity contribution in [2.24, 2.45) is 0 Å². The van der Waals surface area contributed by atoms with Crippen LogP contribution in [0.5, 0.6) is 0 Å². The summed E-state index contributed by atoms with van der Waals surface area (Å²) in [6, 6.07) is 9.76. The molecule has 0 aromatic heterocycles. The van der Waals surface area contributed by atoms with E-state index in [1.807, 2.05) is 30.3 Å². The summed E-state index contributed by atoms with van der Waals surface area (Å²) in [6.45, 7) is 5.64. The van der Waals surface area contributed by atoms with Crippen molar-refractivity contribution in [3.63, 3.8) is 0 Å². The molecule has 14 heavy (non-hydrogen) atoms. The number of hydrogen-bond donors (Lipinski definition) is 1. The predicted octanol–water partition coefficient (Wildman–Crippen LogP) is 2.03. The lowest BCUT2D eigenvalue weighted by Gasteiger charge is -2.03. The fourth-order valence-electron chi connectivity index (χ4n) is 0.991. The summed E-state index contributed by atoms with van der Waals surface area (Å²) >= 11 is 0. The number of hydrogen-bond acceptors (Lipinski definition) is 1. The molecule has 0 atom stereocenters. The second kappa shape index (κ2) is 5.05. The minimum Gasteiger partial charge on any atom is -0.348 e. The third-order valence-electron chi connectivity index (χ3n) is 1.90. The molecule has 1 N–H and O–H groups in total. The molecule has 0 saturated carbocycles. The highest BCUT2D eigenvalue weighted by atomic mass is 16.1. The van der Waals surface area contributed by atoms with Crippen LogP contribution >= 0.6 is 0 Å². The molecule has 2 nitrogen and oxygen atoms in total. The Morgan fingerprint density at radius 1 is 1.43 bits per heavy atom. The van der Waals surface area contributed by atoms with Gasteiger partial charge in [0.05, 0.1) is 5.57 Å². The lowest BCUT2D eigenvalue weighted by atomic mass is 10.2. The number of rotatable bonds is 3. The number of carbonyl (C=O) groups excluding carboxylic acids is 1. The van der Waals surface area contributed by atoms with Gasteiger partial charge in [0.15, 0.2) is 0 Å². The fourth-order valence-corrected chi connectivity index (χ4v) is 0.991. The zero-order chi connectivity index (χ0) is 10.4. The molecule has 0 aliphatic carbocycles. The highest BCUT2D eigenvalue weighted by Crippen LogP contribution is 1.98. The van der Waals surface area contributed by atoms with E-state index in [0.29, 0.717) is 12.1 Å². The van der Waals surface area contributed by atoms with Crippen molar-refractivity contribution in [2.45, 2.75) is 13.5 Å². The molecule has 0 saturated heterocycles. The van der Waals surface area contributed by atoms with Gasteiger partial charge in [-0.15, -0.1) is 5.73 Å². The van der Waals surface area contributed by atoms with Gasteiger partial charge in [0.1, 0.15) is 0 Å². The first kappa shape index (κ1) is 10.3. The average molecular weight is 187 g/mol. The minimum atomic E-state index is -0.121. The fraction of sp³-hybridized carbons (Fsp3) is 0.167. The Kier molecular flexibility index (Phi) is 3.71. The van der Waals surface area contributed by atoms with Crippen molar-refractivity contribution in [1.82, 2.24) is 5.32 Å². The minimum absolute atomic E-state index is 0.121. The van der Waals surface area contributed by atoms with Gasteiger partial charge in [-0.05, 0) is 12.5 Å². The molecule has 0 aliphatic heterocycles. The standard InChI is InChI=1S/C12H13NO/c1-3-10(2)12(14)13-9-11-7-5-4-6-8-11/h4-8H,1,9H2,2H3,(H,13,14). The summed E-state index contributed by atoms with van der Waals surface area (Å²) in [6.07, 6.45) is 0. The number of benzene rings is 1. The average Bonchev–Trinajstić information content (AvgIpc) is 2.26. The molecule has 0 radical (unpaired) electrons. The molecule has 2 heteroatoms. The van der Waals surface area contributed by atoms with E-state index in [-0.39, 0.29) is 5.91 Å². The van der Waals surface area contributed by atoms with Crippen LogP contribution < -0.4 is 5.32 Å². The molecule has 1 aromatic carbocycles. The maximum Gasteiger partial charge on any atom is 0.254 e. The van der Waals surface area contributed by atoms with Crippen LogP contribution in [-0.2, 0) is 11.3 Å². The first-order chi connectivity index (χ1) is 6.74. The van der Waals surface area contributed by atoms with Gasteiger partial charge >= 0.3 is 0 Å². The van der Waals surface area contributed by atoms with Crippen molar-refractivity contribution >= 4 is 5.91 Å². The van der Waals surface area contributed by atoms with E-state index >= 15 is 0 Å². The summed E-state index contributed by atoms with van der Waals surface area (Å²) in [5, 5.41) is 2.77. The number of amides is 1. The lowest BCUT2D eigenvalue weighted by molar-refractivity contribution is -0.117. The van der Waals surface area contributed by atoms with Crippen molar-refractivity contribution in [3.8, 4) is 0 Å². The van der Waals surface area contributed by atoms with E-state index < -0.39 is 0 Å². The predicted molar refractivity (Wildman–Crippen MR) is 56.6 cm³/mol. The van der Waals surface area contributed by atoms with Gasteiger partial charge < -0.3 is 5.32 Å².